The Balaban J connectivity index is 1.39. The zero-order valence-corrected chi connectivity index (χ0v) is 14.0. The molecule has 1 aliphatic heterocycles. The number of nitrogens with zero attached hydrogens (tertiary/aromatic N) is 2. The number of carbonyl (C=O) groups is 1. The fraction of sp³-hybridized carbons (Fsp3) is 0.389. The number of H-pyrrole nitrogens is 1. The van der Waals surface area contributed by atoms with Crippen LogP contribution in [-0.4, -0.2) is 40.0 Å². The number of fused-ring (bicyclic) bond motifs is 1. The van der Waals surface area contributed by atoms with E-state index in [1.807, 2.05) is 0 Å². The van der Waals surface area contributed by atoms with E-state index in [1.54, 1.807) is 0 Å². The molecule has 2 N–H and O–H groups in total. The molecule has 25 heavy (non-hydrogen) atoms. The molecular weight excluding hydrogens is 320 g/mol. The number of amides is 1. The van der Waals surface area contributed by atoms with Crippen LogP contribution in [0.1, 0.15) is 17.5 Å². The summed E-state index contributed by atoms with van der Waals surface area (Å²) >= 11 is 0. The lowest BCUT2D eigenvalue weighted by Crippen LogP contribution is -2.37. The SMILES string of the molecule is O=C(Cn1ccc(=O)[nH]c1=O)NCCCN1CCc2ccccc2C1. The average Bonchev–Trinajstić information content (AvgIpc) is 2.61. The van der Waals surface area contributed by atoms with Crippen molar-refractivity contribution in [2.75, 3.05) is 19.6 Å². The van der Waals surface area contributed by atoms with Crippen LogP contribution >= 0.6 is 0 Å². The Labute approximate surface area is 145 Å². The highest BCUT2D eigenvalue weighted by Gasteiger charge is 2.15. The van der Waals surface area contributed by atoms with Gasteiger partial charge >= 0.3 is 5.69 Å². The maximum atomic E-state index is 11.9. The first-order valence-electron chi connectivity index (χ1n) is 8.47. The Morgan fingerprint density at radius 1 is 1.16 bits per heavy atom. The van der Waals surface area contributed by atoms with Crippen molar-refractivity contribution in [3.63, 3.8) is 0 Å². The molecule has 1 aliphatic rings. The Morgan fingerprint density at radius 2 is 1.96 bits per heavy atom. The summed E-state index contributed by atoms with van der Waals surface area (Å²) in [6.45, 7) is 3.39. The molecule has 0 unspecified atom stereocenters. The van der Waals surface area contributed by atoms with E-state index in [4.69, 9.17) is 0 Å². The van der Waals surface area contributed by atoms with Gasteiger partial charge in [0.2, 0.25) is 5.91 Å². The van der Waals surface area contributed by atoms with E-state index in [9.17, 15) is 14.4 Å². The van der Waals surface area contributed by atoms with Crippen LogP contribution in [0, 0.1) is 0 Å². The summed E-state index contributed by atoms with van der Waals surface area (Å²) < 4.78 is 1.18. The normalized spacial score (nSPS) is 14.1. The highest BCUT2D eigenvalue weighted by Crippen LogP contribution is 2.18. The molecule has 0 atom stereocenters. The third-order valence-corrected chi connectivity index (χ3v) is 4.39. The second kappa shape index (κ2) is 7.94. The van der Waals surface area contributed by atoms with Crippen molar-refractivity contribution in [3.8, 4) is 0 Å². The third kappa shape index (κ3) is 4.67. The van der Waals surface area contributed by atoms with Crippen LogP contribution < -0.4 is 16.6 Å². The summed E-state index contributed by atoms with van der Waals surface area (Å²) in [5, 5.41) is 2.81. The number of carbonyl (C=O) groups excluding carboxylic acids is 1. The van der Waals surface area contributed by atoms with Crippen LogP contribution in [0.2, 0.25) is 0 Å². The first-order chi connectivity index (χ1) is 12.1. The first-order valence-corrected chi connectivity index (χ1v) is 8.47. The molecule has 0 saturated carbocycles. The Bertz CT molecular complexity index is 856. The van der Waals surface area contributed by atoms with Gasteiger partial charge in [-0.3, -0.25) is 24.0 Å². The topological polar surface area (TPSA) is 87.2 Å². The monoisotopic (exact) mass is 342 g/mol. The Hall–Kier alpha value is -2.67. The minimum Gasteiger partial charge on any atom is -0.354 e. The molecule has 3 rings (SSSR count). The molecule has 2 heterocycles. The van der Waals surface area contributed by atoms with Gasteiger partial charge in [0.05, 0.1) is 0 Å². The predicted octanol–water partition coefficient (Wildman–Crippen LogP) is 0.101. The fourth-order valence-corrected chi connectivity index (χ4v) is 3.05. The van der Waals surface area contributed by atoms with Crippen LogP contribution in [0.3, 0.4) is 0 Å². The van der Waals surface area contributed by atoms with Gasteiger partial charge in [-0.15, -0.1) is 0 Å². The highest BCUT2D eigenvalue weighted by atomic mass is 16.2. The fourth-order valence-electron chi connectivity index (χ4n) is 3.05. The Kier molecular flexibility index (Phi) is 5.45. The lowest BCUT2D eigenvalue weighted by atomic mass is 10.00. The lowest BCUT2D eigenvalue weighted by Gasteiger charge is -2.28. The molecule has 0 spiro atoms. The molecule has 0 saturated heterocycles. The second-order valence-corrected chi connectivity index (χ2v) is 6.24. The molecule has 2 aromatic rings. The molecule has 0 bridgehead atoms. The molecule has 7 nitrogen and oxygen atoms in total. The molecule has 0 radical (unpaired) electrons. The predicted molar refractivity (Wildman–Crippen MR) is 94.4 cm³/mol. The Morgan fingerprint density at radius 3 is 2.76 bits per heavy atom. The molecular formula is C18H22N4O3. The highest BCUT2D eigenvalue weighted by molar-refractivity contribution is 5.75. The molecule has 1 amide bonds. The van der Waals surface area contributed by atoms with Gasteiger partial charge in [-0.05, 0) is 24.0 Å². The number of rotatable bonds is 6. The van der Waals surface area contributed by atoms with E-state index in [-0.39, 0.29) is 12.5 Å². The molecule has 1 aromatic carbocycles. The summed E-state index contributed by atoms with van der Waals surface area (Å²) in [6.07, 6.45) is 3.25. The number of hydrogen-bond donors (Lipinski definition) is 2. The van der Waals surface area contributed by atoms with Crippen molar-refractivity contribution >= 4 is 5.91 Å². The first kappa shape index (κ1) is 17.2. The molecule has 0 aliphatic carbocycles. The van der Waals surface area contributed by atoms with Gasteiger partial charge in [-0.2, -0.15) is 0 Å². The largest absolute Gasteiger partial charge is 0.354 e. The van der Waals surface area contributed by atoms with Crippen LogP contribution in [0.5, 0.6) is 0 Å². The quantitative estimate of drug-likeness (QED) is 0.729. The van der Waals surface area contributed by atoms with Gasteiger partial charge < -0.3 is 5.32 Å². The van der Waals surface area contributed by atoms with Crippen molar-refractivity contribution < 1.29 is 4.79 Å². The van der Waals surface area contributed by atoms with Crippen LogP contribution in [0.4, 0.5) is 0 Å². The van der Waals surface area contributed by atoms with Crippen LogP contribution in [-0.2, 0) is 24.3 Å². The minimum absolute atomic E-state index is 0.0906. The zero-order chi connectivity index (χ0) is 17.6. The summed E-state index contributed by atoms with van der Waals surface area (Å²) in [5.41, 5.74) is 1.77. The van der Waals surface area contributed by atoms with Gasteiger partial charge in [0.1, 0.15) is 6.54 Å². The van der Waals surface area contributed by atoms with Crippen molar-refractivity contribution in [1.29, 1.82) is 0 Å². The molecule has 1 aromatic heterocycles. The van der Waals surface area contributed by atoms with Gasteiger partial charge in [-0.25, -0.2) is 4.79 Å². The van der Waals surface area contributed by atoms with E-state index in [0.29, 0.717) is 6.54 Å². The van der Waals surface area contributed by atoms with E-state index < -0.39 is 11.2 Å². The number of aromatic nitrogens is 2. The van der Waals surface area contributed by atoms with Crippen molar-refractivity contribution in [1.82, 2.24) is 19.8 Å². The maximum Gasteiger partial charge on any atom is 0.328 e. The van der Waals surface area contributed by atoms with Gasteiger partial charge in [0, 0.05) is 38.4 Å². The zero-order valence-electron chi connectivity index (χ0n) is 14.0. The molecule has 7 heteroatoms. The summed E-state index contributed by atoms with van der Waals surface area (Å²) in [4.78, 5) is 38.9. The lowest BCUT2D eigenvalue weighted by molar-refractivity contribution is -0.121. The van der Waals surface area contributed by atoms with Crippen molar-refractivity contribution in [2.45, 2.75) is 25.9 Å². The standard InChI is InChI=1S/C18H22N4O3/c23-16-7-11-22(18(25)20-16)13-17(24)19-8-3-9-21-10-6-14-4-1-2-5-15(14)12-21/h1-2,4-5,7,11H,3,6,8-10,12-13H2,(H,19,24)(H,20,23,25). The average molecular weight is 342 g/mol. The number of aromatic amines is 1. The van der Waals surface area contributed by atoms with Gasteiger partial charge in [0.15, 0.2) is 0 Å². The summed E-state index contributed by atoms with van der Waals surface area (Å²) in [7, 11) is 0. The molecule has 132 valence electrons. The summed E-state index contributed by atoms with van der Waals surface area (Å²) in [6, 6.07) is 9.73. The van der Waals surface area contributed by atoms with Crippen LogP contribution in [0.25, 0.3) is 0 Å². The number of benzene rings is 1. The smallest absolute Gasteiger partial charge is 0.328 e. The van der Waals surface area contributed by atoms with Crippen molar-refractivity contribution in [2.24, 2.45) is 0 Å². The third-order valence-electron chi connectivity index (χ3n) is 4.39. The van der Waals surface area contributed by atoms with Crippen LogP contribution in [0.15, 0.2) is 46.1 Å². The second-order valence-electron chi connectivity index (χ2n) is 6.24. The molecule has 0 fully saturated rings. The number of nitrogens with one attached hydrogen (secondary N) is 2. The number of hydrogen-bond acceptors (Lipinski definition) is 4. The maximum absolute atomic E-state index is 11.9. The van der Waals surface area contributed by atoms with Gasteiger partial charge in [0.25, 0.3) is 5.56 Å². The van der Waals surface area contributed by atoms with E-state index in [1.165, 1.54) is 28.0 Å². The van der Waals surface area contributed by atoms with Crippen molar-refractivity contribution in [3.05, 3.63) is 68.5 Å². The summed E-state index contributed by atoms with van der Waals surface area (Å²) in [5.74, 6) is -0.238. The van der Waals surface area contributed by atoms with Gasteiger partial charge in [-0.1, -0.05) is 24.3 Å². The van der Waals surface area contributed by atoms with E-state index >= 15 is 0 Å². The van der Waals surface area contributed by atoms with E-state index in [0.717, 1.165) is 32.5 Å². The minimum atomic E-state index is -0.574. The van der Waals surface area contributed by atoms with E-state index in [2.05, 4.69) is 39.5 Å².